The summed E-state index contributed by atoms with van der Waals surface area (Å²) in [5.74, 6) is 0.705. The molecule has 0 amide bonds. The summed E-state index contributed by atoms with van der Waals surface area (Å²) < 4.78 is 2.86. The van der Waals surface area contributed by atoms with Crippen molar-refractivity contribution in [2.45, 2.75) is 0 Å². The lowest BCUT2D eigenvalue weighted by Gasteiger charge is -2.00. The molecule has 4 rings (SSSR count). The average Bonchev–Trinajstić information content (AvgIpc) is 2.89. The summed E-state index contributed by atoms with van der Waals surface area (Å²) in [5, 5.41) is 2.46. The van der Waals surface area contributed by atoms with E-state index in [4.69, 9.17) is 0 Å². The summed E-state index contributed by atoms with van der Waals surface area (Å²) in [6.45, 7) is 0. The molecule has 0 saturated carbocycles. The van der Waals surface area contributed by atoms with Crippen LogP contribution in [0.4, 0.5) is 0 Å². The van der Waals surface area contributed by atoms with Crippen molar-refractivity contribution in [3.63, 3.8) is 0 Å². The molecule has 0 saturated heterocycles. The number of benzene rings is 2. The Hall–Kier alpha value is -2.20. The van der Waals surface area contributed by atoms with Crippen LogP contribution in [0.5, 0.6) is 0 Å². The van der Waals surface area contributed by atoms with Gasteiger partial charge in [0.25, 0.3) is 0 Å². The van der Waals surface area contributed by atoms with Crippen LogP contribution in [0.25, 0.3) is 27.8 Å². The third-order valence-electron chi connectivity index (χ3n) is 3.32. The highest BCUT2D eigenvalue weighted by Gasteiger charge is 2.06. The predicted molar refractivity (Wildman–Crippen MR) is 83.6 cm³/mol. The number of hydrogen-bond donors (Lipinski definition) is 0. The molecule has 0 unspecified atom stereocenters. The topological polar surface area (TPSA) is 30.2 Å². The van der Waals surface area contributed by atoms with Gasteiger partial charge >= 0.3 is 0 Å². The van der Waals surface area contributed by atoms with E-state index in [1.54, 1.807) is 6.20 Å². The number of nitrogens with zero attached hydrogens (tertiary/aromatic N) is 3. The molecule has 4 heteroatoms. The molecular formula is C16H10BrN3. The minimum atomic E-state index is 0.705. The summed E-state index contributed by atoms with van der Waals surface area (Å²) in [6, 6.07) is 14.7. The molecule has 2 heterocycles. The van der Waals surface area contributed by atoms with Gasteiger partial charge in [0.15, 0.2) is 0 Å². The highest BCUT2D eigenvalue weighted by molar-refractivity contribution is 9.10. The molecule has 0 atom stereocenters. The van der Waals surface area contributed by atoms with E-state index in [-0.39, 0.29) is 0 Å². The molecule has 3 nitrogen and oxygen atoms in total. The second kappa shape index (κ2) is 4.42. The first kappa shape index (κ1) is 11.6. The fourth-order valence-electron chi connectivity index (χ4n) is 2.35. The van der Waals surface area contributed by atoms with E-state index in [0.717, 1.165) is 15.7 Å². The maximum Gasteiger partial charge on any atom is 0.234 e. The van der Waals surface area contributed by atoms with Crippen molar-refractivity contribution in [1.82, 2.24) is 14.4 Å². The molecule has 0 radical (unpaired) electrons. The zero-order valence-corrected chi connectivity index (χ0v) is 12.1. The SMILES string of the molecule is Brc1cnc2nc(-c3ccc4ccccc4c3)cn2c1. The normalized spacial score (nSPS) is 11.2. The Balaban J connectivity index is 1.91. The van der Waals surface area contributed by atoms with Gasteiger partial charge in [-0.3, -0.25) is 4.40 Å². The summed E-state index contributed by atoms with van der Waals surface area (Å²) in [6.07, 6.45) is 5.71. The van der Waals surface area contributed by atoms with Crippen molar-refractivity contribution in [3.8, 4) is 11.3 Å². The summed E-state index contributed by atoms with van der Waals surface area (Å²) in [4.78, 5) is 8.86. The second-order valence-electron chi connectivity index (χ2n) is 4.67. The molecular weight excluding hydrogens is 314 g/mol. The highest BCUT2D eigenvalue weighted by atomic mass is 79.9. The van der Waals surface area contributed by atoms with Crippen molar-refractivity contribution >= 4 is 32.5 Å². The van der Waals surface area contributed by atoms with Crippen LogP contribution >= 0.6 is 15.9 Å². The van der Waals surface area contributed by atoms with Crippen LogP contribution in [-0.4, -0.2) is 14.4 Å². The molecule has 0 bridgehead atoms. The number of aromatic nitrogens is 3. The molecule has 0 spiro atoms. The van der Waals surface area contributed by atoms with Gasteiger partial charge in [-0.2, -0.15) is 0 Å². The van der Waals surface area contributed by atoms with Crippen LogP contribution in [-0.2, 0) is 0 Å². The minimum absolute atomic E-state index is 0.705. The molecule has 0 aliphatic rings. The van der Waals surface area contributed by atoms with E-state index in [1.807, 2.05) is 22.9 Å². The molecule has 0 aliphatic heterocycles. The smallest absolute Gasteiger partial charge is 0.234 e. The summed E-state index contributed by atoms with van der Waals surface area (Å²) >= 11 is 3.42. The first-order chi connectivity index (χ1) is 9.79. The zero-order valence-electron chi connectivity index (χ0n) is 10.5. The van der Waals surface area contributed by atoms with Gasteiger partial charge in [-0.05, 0) is 32.8 Å². The first-order valence-electron chi connectivity index (χ1n) is 6.29. The zero-order chi connectivity index (χ0) is 13.5. The van der Waals surface area contributed by atoms with Crippen LogP contribution < -0.4 is 0 Å². The predicted octanol–water partition coefficient (Wildman–Crippen LogP) is 4.31. The summed E-state index contributed by atoms with van der Waals surface area (Å²) in [7, 11) is 0. The minimum Gasteiger partial charge on any atom is -0.289 e. The van der Waals surface area contributed by atoms with E-state index in [9.17, 15) is 0 Å². The monoisotopic (exact) mass is 323 g/mol. The summed E-state index contributed by atoms with van der Waals surface area (Å²) in [5.41, 5.74) is 2.03. The van der Waals surface area contributed by atoms with E-state index in [1.165, 1.54) is 10.8 Å². The van der Waals surface area contributed by atoms with Gasteiger partial charge < -0.3 is 0 Å². The third-order valence-corrected chi connectivity index (χ3v) is 3.73. The molecule has 0 aliphatic carbocycles. The number of rotatable bonds is 1. The quantitative estimate of drug-likeness (QED) is 0.522. The van der Waals surface area contributed by atoms with Gasteiger partial charge in [0.05, 0.1) is 10.2 Å². The Morgan fingerprint density at radius 1 is 0.950 bits per heavy atom. The van der Waals surface area contributed by atoms with Gasteiger partial charge in [-0.1, -0.05) is 36.4 Å². The van der Waals surface area contributed by atoms with Gasteiger partial charge in [0.1, 0.15) is 0 Å². The van der Waals surface area contributed by atoms with Crippen LogP contribution in [0, 0.1) is 0 Å². The van der Waals surface area contributed by atoms with Crippen molar-refractivity contribution < 1.29 is 0 Å². The molecule has 20 heavy (non-hydrogen) atoms. The molecule has 2 aromatic heterocycles. The van der Waals surface area contributed by atoms with Crippen molar-refractivity contribution in [1.29, 1.82) is 0 Å². The third kappa shape index (κ3) is 1.89. The lowest BCUT2D eigenvalue weighted by molar-refractivity contribution is 1.10. The van der Waals surface area contributed by atoms with Gasteiger partial charge in [0.2, 0.25) is 5.78 Å². The standard InChI is InChI=1S/C16H10BrN3/c17-14-8-18-16-19-15(10-20(16)9-14)13-6-5-11-3-1-2-4-12(11)7-13/h1-10H. The average molecular weight is 324 g/mol. The number of hydrogen-bond acceptors (Lipinski definition) is 2. The maximum atomic E-state index is 4.56. The number of fused-ring (bicyclic) bond motifs is 2. The van der Waals surface area contributed by atoms with Crippen LogP contribution in [0.3, 0.4) is 0 Å². The van der Waals surface area contributed by atoms with Crippen molar-refractivity contribution in [2.75, 3.05) is 0 Å². The number of imidazole rings is 1. The molecule has 2 aromatic carbocycles. The van der Waals surface area contributed by atoms with Crippen molar-refractivity contribution in [3.05, 3.63) is 65.5 Å². The first-order valence-corrected chi connectivity index (χ1v) is 7.08. The second-order valence-corrected chi connectivity index (χ2v) is 5.58. The largest absolute Gasteiger partial charge is 0.289 e. The van der Waals surface area contributed by atoms with E-state index < -0.39 is 0 Å². The van der Waals surface area contributed by atoms with Crippen LogP contribution in [0.1, 0.15) is 0 Å². The molecule has 4 aromatic rings. The number of halogens is 1. The maximum absolute atomic E-state index is 4.56. The van der Waals surface area contributed by atoms with Gasteiger partial charge in [-0.25, -0.2) is 9.97 Å². The van der Waals surface area contributed by atoms with Crippen LogP contribution in [0.2, 0.25) is 0 Å². The molecule has 96 valence electrons. The van der Waals surface area contributed by atoms with Gasteiger partial charge in [-0.15, -0.1) is 0 Å². The molecule has 0 fully saturated rings. The molecule has 0 N–H and O–H groups in total. The lowest BCUT2D eigenvalue weighted by atomic mass is 10.1. The van der Waals surface area contributed by atoms with Gasteiger partial charge in [0, 0.05) is 24.2 Å². The fraction of sp³-hybridized carbons (Fsp3) is 0. The van der Waals surface area contributed by atoms with Crippen molar-refractivity contribution in [2.24, 2.45) is 0 Å². The van der Waals surface area contributed by atoms with Crippen LogP contribution in [0.15, 0.2) is 65.5 Å². The Kier molecular flexibility index (Phi) is 2.57. The van der Waals surface area contributed by atoms with E-state index in [0.29, 0.717) is 5.78 Å². The Morgan fingerprint density at radius 3 is 2.70 bits per heavy atom. The fourth-order valence-corrected chi connectivity index (χ4v) is 2.67. The Labute approximate surface area is 124 Å². The Morgan fingerprint density at radius 2 is 1.80 bits per heavy atom. The Bertz CT molecular complexity index is 927. The lowest BCUT2D eigenvalue weighted by Crippen LogP contribution is -1.85. The highest BCUT2D eigenvalue weighted by Crippen LogP contribution is 2.24. The van der Waals surface area contributed by atoms with E-state index in [2.05, 4.69) is 62.3 Å². The van der Waals surface area contributed by atoms with E-state index >= 15 is 0 Å².